The van der Waals surface area contributed by atoms with E-state index in [9.17, 15) is 14.7 Å². The Hall–Kier alpha value is -1.30. The summed E-state index contributed by atoms with van der Waals surface area (Å²) in [6, 6.07) is -0.683. The van der Waals surface area contributed by atoms with E-state index in [1.165, 1.54) is 0 Å². The molecule has 1 aliphatic carbocycles. The molecule has 2 atom stereocenters. The summed E-state index contributed by atoms with van der Waals surface area (Å²) in [7, 11) is 0. The van der Waals surface area contributed by atoms with E-state index >= 15 is 0 Å². The molecule has 0 aromatic carbocycles. The first-order valence-corrected chi connectivity index (χ1v) is 6.66. The Balaban J connectivity index is 2.57. The number of primary amides is 1. The lowest BCUT2D eigenvalue weighted by Gasteiger charge is -2.32. The Bertz CT molecular complexity index is 334. The van der Waals surface area contributed by atoms with Crippen molar-refractivity contribution in [3.8, 4) is 0 Å². The summed E-state index contributed by atoms with van der Waals surface area (Å²) in [5.41, 5.74) is 4.47. The molecule has 0 spiro atoms. The fourth-order valence-electron chi connectivity index (χ4n) is 2.01. The lowest BCUT2D eigenvalue weighted by Crippen LogP contribution is -2.51. The fourth-order valence-corrected chi connectivity index (χ4v) is 2.01. The highest BCUT2D eigenvalue weighted by Gasteiger charge is 2.31. The molecule has 0 bridgehead atoms. The van der Waals surface area contributed by atoms with Crippen molar-refractivity contribution in [1.82, 2.24) is 5.32 Å². The minimum absolute atomic E-state index is 0.425. The normalized spacial score (nSPS) is 19.2. The highest BCUT2D eigenvalue weighted by molar-refractivity contribution is 5.80. The van der Waals surface area contributed by atoms with Crippen LogP contribution in [-0.4, -0.2) is 34.9 Å². The molecule has 110 valence electrons. The van der Waals surface area contributed by atoms with Crippen LogP contribution in [0.25, 0.3) is 0 Å². The predicted octanol–water partition coefficient (Wildman–Crippen LogP) is 0.916. The van der Waals surface area contributed by atoms with E-state index in [0.29, 0.717) is 12.3 Å². The average Bonchev–Trinajstić information content (AvgIpc) is 2.17. The number of aliphatic hydroxyl groups excluding tert-OH is 1. The van der Waals surface area contributed by atoms with Crippen molar-refractivity contribution in [3.63, 3.8) is 0 Å². The maximum absolute atomic E-state index is 11.7. The maximum Gasteiger partial charge on any atom is 0.407 e. The monoisotopic (exact) mass is 272 g/mol. The van der Waals surface area contributed by atoms with Gasteiger partial charge in [-0.1, -0.05) is 19.3 Å². The topological polar surface area (TPSA) is 102 Å². The van der Waals surface area contributed by atoms with Crippen LogP contribution in [0.3, 0.4) is 0 Å². The van der Waals surface area contributed by atoms with Gasteiger partial charge >= 0.3 is 6.09 Å². The van der Waals surface area contributed by atoms with Gasteiger partial charge in [-0.25, -0.2) is 4.79 Å². The van der Waals surface area contributed by atoms with E-state index in [0.717, 1.165) is 19.3 Å². The molecular weight excluding hydrogens is 248 g/mol. The zero-order chi connectivity index (χ0) is 14.6. The van der Waals surface area contributed by atoms with Crippen molar-refractivity contribution in [2.24, 2.45) is 11.7 Å². The van der Waals surface area contributed by atoms with Crippen LogP contribution in [-0.2, 0) is 9.53 Å². The lowest BCUT2D eigenvalue weighted by atomic mass is 9.80. The summed E-state index contributed by atoms with van der Waals surface area (Å²) in [4.78, 5) is 22.8. The maximum atomic E-state index is 11.7. The third-order valence-corrected chi connectivity index (χ3v) is 3.19. The van der Waals surface area contributed by atoms with Crippen molar-refractivity contribution < 1.29 is 19.4 Å². The highest BCUT2D eigenvalue weighted by atomic mass is 16.6. The van der Waals surface area contributed by atoms with Crippen LogP contribution >= 0.6 is 0 Å². The summed E-state index contributed by atoms with van der Waals surface area (Å²) in [5, 5.41) is 12.3. The van der Waals surface area contributed by atoms with Gasteiger partial charge in [0, 0.05) is 0 Å². The predicted molar refractivity (Wildman–Crippen MR) is 70.3 cm³/mol. The molecule has 6 heteroatoms. The van der Waals surface area contributed by atoms with Gasteiger partial charge in [-0.2, -0.15) is 0 Å². The molecular formula is C13H24N2O4. The summed E-state index contributed by atoms with van der Waals surface area (Å²) in [6.07, 6.45) is 1.78. The number of amides is 2. The molecule has 1 aliphatic rings. The molecule has 0 aromatic rings. The van der Waals surface area contributed by atoms with Gasteiger partial charge in [-0.05, 0) is 33.1 Å². The van der Waals surface area contributed by atoms with Gasteiger partial charge < -0.3 is 20.9 Å². The van der Waals surface area contributed by atoms with Gasteiger partial charge in [0.2, 0.25) is 5.91 Å². The van der Waals surface area contributed by atoms with Gasteiger partial charge in [0.15, 0.2) is 6.10 Å². The minimum Gasteiger partial charge on any atom is -0.444 e. The Labute approximate surface area is 113 Å². The number of hydrogen-bond acceptors (Lipinski definition) is 4. The highest BCUT2D eigenvalue weighted by Crippen LogP contribution is 2.31. The first-order valence-electron chi connectivity index (χ1n) is 6.66. The standard InChI is InChI=1S/C13H24N2O4/c1-13(2,3)19-12(18)15-9(10(16)11(14)17)7-8-5-4-6-8/h8-10,16H,4-7H2,1-3H3,(H2,14,17)(H,15,18)/t9-,10+/m0/s1. The van der Waals surface area contributed by atoms with Crippen LogP contribution in [0.15, 0.2) is 0 Å². The minimum atomic E-state index is -1.38. The van der Waals surface area contributed by atoms with Crippen LogP contribution in [0.5, 0.6) is 0 Å². The number of carbonyl (C=O) groups is 2. The molecule has 1 saturated carbocycles. The van der Waals surface area contributed by atoms with Gasteiger partial charge in [0.25, 0.3) is 0 Å². The van der Waals surface area contributed by atoms with Crippen molar-refractivity contribution >= 4 is 12.0 Å². The van der Waals surface area contributed by atoms with Gasteiger partial charge in [-0.15, -0.1) is 0 Å². The van der Waals surface area contributed by atoms with Crippen LogP contribution in [0, 0.1) is 5.92 Å². The van der Waals surface area contributed by atoms with Crippen molar-refractivity contribution in [3.05, 3.63) is 0 Å². The number of ether oxygens (including phenoxy) is 1. The number of nitrogens with one attached hydrogen (secondary N) is 1. The molecule has 0 unspecified atom stereocenters. The molecule has 1 rings (SSSR count). The second-order valence-corrected chi connectivity index (χ2v) is 6.13. The molecule has 0 saturated heterocycles. The first kappa shape index (κ1) is 15.8. The van der Waals surface area contributed by atoms with Crippen LogP contribution in [0.2, 0.25) is 0 Å². The quantitative estimate of drug-likeness (QED) is 0.692. The molecule has 0 aromatic heterocycles. The SMILES string of the molecule is CC(C)(C)OC(=O)N[C@@H](CC1CCC1)[C@@H](O)C(N)=O. The van der Waals surface area contributed by atoms with Crippen LogP contribution in [0.1, 0.15) is 46.5 Å². The van der Waals surface area contributed by atoms with Crippen molar-refractivity contribution in [2.75, 3.05) is 0 Å². The Kier molecular flexibility index (Phi) is 5.17. The summed E-state index contributed by atoms with van der Waals surface area (Å²) in [6.45, 7) is 5.24. The molecule has 0 radical (unpaired) electrons. The van der Waals surface area contributed by atoms with E-state index in [1.807, 2.05) is 0 Å². The fraction of sp³-hybridized carbons (Fsp3) is 0.846. The average molecular weight is 272 g/mol. The van der Waals surface area contributed by atoms with Crippen LogP contribution < -0.4 is 11.1 Å². The van der Waals surface area contributed by atoms with Crippen LogP contribution in [0.4, 0.5) is 4.79 Å². The first-order chi connectivity index (χ1) is 8.69. The summed E-state index contributed by atoms with van der Waals surface area (Å²) < 4.78 is 5.12. The van der Waals surface area contributed by atoms with E-state index in [1.54, 1.807) is 20.8 Å². The zero-order valence-electron chi connectivity index (χ0n) is 11.8. The number of aliphatic hydroxyl groups is 1. The van der Waals surface area contributed by atoms with Crippen molar-refractivity contribution in [1.29, 1.82) is 0 Å². The Morgan fingerprint density at radius 3 is 2.37 bits per heavy atom. The third-order valence-electron chi connectivity index (χ3n) is 3.19. The molecule has 0 heterocycles. The zero-order valence-corrected chi connectivity index (χ0v) is 11.8. The van der Waals surface area contributed by atoms with Gasteiger partial charge in [0.1, 0.15) is 5.60 Å². The molecule has 4 N–H and O–H groups in total. The van der Waals surface area contributed by atoms with E-state index in [2.05, 4.69) is 5.32 Å². The largest absolute Gasteiger partial charge is 0.444 e. The Morgan fingerprint density at radius 2 is 2.00 bits per heavy atom. The Morgan fingerprint density at radius 1 is 1.42 bits per heavy atom. The number of alkyl carbamates (subject to hydrolysis) is 1. The molecule has 2 amide bonds. The number of rotatable bonds is 5. The van der Waals surface area contributed by atoms with Gasteiger partial charge in [0.05, 0.1) is 6.04 Å². The smallest absolute Gasteiger partial charge is 0.407 e. The van der Waals surface area contributed by atoms with Gasteiger partial charge in [-0.3, -0.25) is 4.79 Å². The second kappa shape index (κ2) is 6.23. The van der Waals surface area contributed by atoms with Crippen molar-refractivity contribution in [2.45, 2.75) is 64.2 Å². The summed E-state index contributed by atoms with van der Waals surface area (Å²) >= 11 is 0. The lowest BCUT2D eigenvalue weighted by molar-refractivity contribution is -0.127. The van der Waals surface area contributed by atoms with E-state index in [4.69, 9.17) is 10.5 Å². The second-order valence-electron chi connectivity index (χ2n) is 6.13. The molecule has 0 aliphatic heterocycles. The molecule has 6 nitrogen and oxygen atoms in total. The van der Waals surface area contributed by atoms with E-state index < -0.39 is 29.7 Å². The third kappa shape index (κ3) is 5.46. The number of hydrogen-bond donors (Lipinski definition) is 3. The number of carbonyl (C=O) groups excluding carboxylic acids is 2. The number of nitrogens with two attached hydrogens (primary N) is 1. The molecule has 1 fully saturated rings. The summed E-state index contributed by atoms with van der Waals surface area (Å²) in [5.74, 6) is -0.408. The molecule has 19 heavy (non-hydrogen) atoms. The van der Waals surface area contributed by atoms with E-state index in [-0.39, 0.29) is 0 Å².